The Labute approximate surface area is 224 Å². The third-order valence-corrected chi connectivity index (χ3v) is 6.72. The highest BCUT2D eigenvalue weighted by atomic mass is 16.7. The second-order valence-corrected chi connectivity index (χ2v) is 9.18. The Hall–Kier alpha value is -5.11. The summed E-state index contributed by atoms with van der Waals surface area (Å²) < 4.78 is 2.17. The summed E-state index contributed by atoms with van der Waals surface area (Å²) in [6.45, 7) is 5.95. The number of non-ortho nitro benzene ring substituents is 1. The molecule has 0 amide bonds. The number of oxime groups is 1. The van der Waals surface area contributed by atoms with Crippen LogP contribution in [0.15, 0.2) is 90.1 Å². The Balaban J connectivity index is 1.68. The van der Waals surface area contributed by atoms with Crippen molar-refractivity contribution in [2.24, 2.45) is 5.16 Å². The van der Waals surface area contributed by atoms with Crippen molar-refractivity contribution in [1.29, 1.82) is 0 Å². The predicted molar refractivity (Wildman–Crippen MR) is 150 cm³/mol. The number of aromatic nitrogens is 1. The van der Waals surface area contributed by atoms with Gasteiger partial charge in [0.1, 0.15) is 5.71 Å². The first-order valence-corrected chi connectivity index (χ1v) is 12.5. The Morgan fingerprint density at radius 3 is 2.05 bits per heavy atom. The van der Waals surface area contributed by atoms with E-state index < -0.39 is 10.9 Å². The van der Waals surface area contributed by atoms with E-state index in [0.717, 1.165) is 33.9 Å². The number of carbonyl (C=O) groups excluding carboxylic acids is 2. The molecule has 5 rings (SSSR count). The molecule has 0 saturated heterocycles. The fourth-order valence-electron chi connectivity index (χ4n) is 4.84. The van der Waals surface area contributed by atoms with E-state index in [9.17, 15) is 19.7 Å². The highest BCUT2D eigenvalue weighted by molar-refractivity contribution is 6.18. The standard InChI is InChI=1S/C31H25N3O5/c1-4-33-28-15-11-22(30(32-39-20(3)35)21-9-13-24(14-10-21)34(37)38)17-26(28)27-18-23(12-16-29(27)33)31(36)25-8-6-5-7-19(25)2/h5-18H,4H2,1-3H3/b32-30+. The van der Waals surface area contributed by atoms with Crippen LogP contribution in [0, 0.1) is 17.0 Å². The second-order valence-electron chi connectivity index (χ2n) is 9.18. The van der Waals surface area contributed by atoms with E-state index >= 15 is 0 Å². The van der Waals surface area contributed by atoms with Gasteiger partial charge in [-0.1, -0.05) is 35.5 Å². The molecule has 39 heavy (non-hydrogen) atoms. The topological polar surface area (TPSA) is 104 Å². The van der Waals surface area contributed by atoms with Gasteiger partial charge in [0.05, 0.1) is 4.92 Å². The van der Waals surface area contributed by atoms with Gasteiger partial charge in [0.25, 0.3) is 5.69 Å². The second kappa shape index (κ2) is 10.3. The zero-order valence-corrected chi connectivity index (χ0v) is 21.7. The van der Waals surface area contributed by atoms with Crippen molar-refractivity contribution < 1.29 is 19.3 Å². The van der Waals surface area contributed by atoms with Crippen molar-refractivity contribution in [2.45, 2.75) is 27.3 Å². The van der Waals surface area contributed by atoms with Crippen LogP contribution < -0.4 is 0 Å². The van der Waals surface area contributed by atoms with Gasteiger partial charge in [-0.25, -0.2) is 4.79 Å². The third kappa shape index (κ3) is 4.80. The smallest absolute Gasteiger partial charge is 0.332 e. The number of rotatable bonds is 7. The predicted octanol–water partition coefficient (Wildman–Crippen LogP) is 6.58. The summed E-state index contributed by atoms with van der Waals surface area (Å²) in [4.78, 5) is 40.6. The molecule has 0 aliphatic rings. The molecular weight excluding hydrogens is 494 g/mol. The van der Waals surface area contributed by atoms with Crippen molar-refractivity contribution in [2.75, 3.05) is 0 Å². The van der Waals surface area contributed by atoms with Gasteiger partial charge in [0, 0.05) is 69.7 Å². The Kier molecular flexibility index (Phi) is 6.77. The maximum atomic E-state index is 13.4. The summed E-state index contributed by atoms with van der Waals surface area (Å²) >= 11 is 0. The number of hydrogen-bond acceptors (Lipinski definition) is 6. The zero-order chi connectivity index (χ0) is 27.7. The number of ketones is 1. The Morgan fingerprint density at radius 1 is 0.872 bits per heavy atom. The summed E-state index contributed by atoms with van der Waals surface area (Å²) in [6.07, 6.45) is 0. The molecule has 0 atom stereocenters. The summed E-state index contributed by atoms with van der Waals surface area (Å²) in [5.41, 5.74) is 5.62. The van der Waals surface area contributed by atoms with Gasteiger partial charge in [-0.05, 0) is 61.9 Å². The number of carbonyl (C=O) groups is 2. The Bertz CT molecular complexity index is 1800. The number of benzene rings is 4. The zero-order valence-electron chi connectivity index (χ0n) is 21.7. The molecule has 1 aromatic heterocycles. The Morgan fingerprint density at radius 2 is 1.46 bits per heavy atom. The van der Waals surface area contributed by atoms with Gasteiger partial charge in [0.2, 0.25) is 0 Å². The van der Waals surface area contributed by atoms with Crippen LogP contribution >= 0.6 is 0 Å². The van der Waals surface area contributed by atoms with Crippen molar-refractivity contribution in [3.8, 4) is 0 Å². The minimum absolute atomic E-state index is 0.0495. The van der Waals surface area contributed by atoms with Crippen LogP contribution in [0.1, 0.15) is 46.5 Å². The molecule has 0 unspecified atom stereocenters. The molecule has 0 aliphatic carbocycles. The van der Waals surface area contributed by atoms with E-state index in [0.29, 0.717) is 28.0 Å². The van der Waals surface area contributed by atoms with Crippen LogP contribution in [0.5, 0.6) is 0 Å². The largest absolute Gasteiger partial charge is 0.341 e. The van der Waals surface area contributed by atoms with Gasteiger partial charge < -0.3 is 9.40 Å². The average Bonchev–Trinajstić information content (AvgIpc) is 3.25. The maximum Gasteiger partial charge on any atom is 0.332 e. The molecule has 5 aromatic rings. The van der Waals surface area contributed by atoms with E-state index in [1.165, 1.54) is 19.1 Å². The van der Waals surface area contributed by atoms with Crippen LogP contribution in [0.25, 0.3) is 21.8 Å². The molecule has 4 aromatic carbocycles. The number of fused-ring (bicyclic) bond motifs is 3. The average molecular weight is 520 g/mol. The molecule has 0 saturated carbocycles. The summed E-state index contributed by atoms with van der Waals surface area (Å²) in [7, 11) is 0. The van der Waals surface area contributed by atoms with Crippen LogP contribution in [0.2, 0.25) is 0 Å². The number of nitro benzene ring substituents is 1. The highest BCUT2D eigenvalue weighted by Crippen LogP contribution is 2.32. The lowest BCUT2D eigenvalue weighted by atomic mass is 9.97. The third-order valence-electron chi connectivity index (χ3n) is 6.72. The molecule has 0 bridgehead atoms. The fraction of sp³-hybridized carbons (Fsp3) is 0.129. The summed E-state index contributed by atoms with van der Waals surface area (Å²) in [6, 6.07) is 24.9. The quantitative estimate of drug-likeness (QED) is 0.0794. The first kappa shape index (κ1) is 25.5. The molecular formula is C31H25N3O5. The molecule has 194 valence electrons. The number of hydrogen-bond donors (Lipinski definition) is 0. The highest BCUT2D eigenvalue weighted by Gasteiger charge is 2.18. The number of nitrogens with zero attached hydrogens (tertiary/aromatic N) is 3. The minimum atomic E-state index is -0.586. The first-order chi connectivity index (χ1) is 18.8. The van der Waals surface area contributed by atoms with E-state index in [2.05, 4.69) is 16.6 Å². The lowest BCUT2D eigenvalue weighted by Gasteiger charge is -2.08. The van der Waals surface area contributed by atoms with E-state index in [4.69, 9.17) is 4.84 Å². The van der Waals surface area contributed by atoms with Crippen LogP contribution in [0.3, 0.4) is 0 Å². The molecule has 8 heteroatoms. The molecule has 0 N–H and O–H groups in total. The van der Waals surface area contributed by atoms with Crippen molar-refractivity contribution >= 4 is 45.0 Å². The summed E-state index contributed by atoms with van der Waals surface area (Å²) in [5, 5.41) is 17.0. The maximum absolute atomic E-state index is 13.4. The van der Waals surface area contributed by atoms with Crippen LogP contribution in [0.4, 0.5) is 5.69 Å². The van der Waals surface area contributed by atoms with E-state index in [1.54, 1.807) is 12.1 Å². The molecule has 0 fully saturated rings. The monoisotopic (exact) mass is 519 g/mol. The van der Waals surface area contributed by atoms with Gasteiger partial charge in [-0.2, -0.15) is 0 Å². The van der Waals surface area contributed by atoms with E-state index in [1.807, 2.05) is 67.6 Å². The molecule has 0 spiro atoms. The molecule has 8 nitrogen and oxygen atoms in total. The van der Waals surface area contributed by atoms with Crippen molar-refractivity contribution in [3.63, 3.8) is 0 Å². The lowest BCUT2D eigenvalue weighted by Crippen LogP contribution is -2.06. The van der Waals surface area contributed by atoms with Gasteiger partial charge >= 0.3 is 5.97 Å². The fourth-order valence-corrected chi connectivity index (χ4v) is 4.84. The minimum Gasteiger partial charge on any atom is -0.341 e. The van der Waals surface area contributed by atoms with Crippen LogP contribution in [-0.4, -0.2) is 27.0 Å². The number of nitro groups is 1. The van der Waals surface area contributed by atoms with Crippen LogP contribution in [-0.2, 0) is 16.2 Å². The molecule has 1 heterocycles. The van der Waals surface area contributed by atoms with Gasteiger partial charge in [-0.3, -0.25) is 14.9 Å². The van der Waals surface area contributed by atoms with Gasteiger partial charge in [-0.15, -0.1) is 0 Å². The molecule has 0 aliphatic heterocycles. The normalized spacial score (nSPS) is 11.6. The summed E-state index contributed by atoms with van der Waals surface area (Å²) in [5.74, 6) is -0.635. The van der Waals surface area contributed by atoms with Crippen molar-refractivity contribution in [3.05, 3.63) is 123 Å². The lowest BCUT2D eigenvalue weighted by molar-refractivity contribution is -0.384. The van der Waals surface area contributed by atoms with E-state index in [-0.39, 0.29) is 11.5 Å². The SMILES string of the molecule is CCn1c2ccc(C(=O)c3ccccc3C)cc2c2cc(/C(=N/OC(C)=O)c3ccc([N+](=O)[O-])cc3)ccc21. The number of aryl methyl sites for hydroxylation is 2. The molecule has 0 radical (unpaired) electrons. The van der Waals surface area contributed by atoms with Crippen molar-refractivity contribution in [1.82, 2.24) is 4.57 Å². The van der Waals surface area contributed by atoms with Gasteiger partial charge in [0.15, 0.2) is 5.78 Å². The first-order valence-electron chi connectivity index (χ1n) is 12.5.